The van der Waals surface area contributed by atoms with Gasteiger partial charge in [0, 0.05) is 26.6 Å². The first kappa shape index (κ1) is 19.2. The summed E-state index contributed by atoms with van der Waals surface area (Å²) in [7, 11) is 0. The highest BCUT2D eigenvalue weighted by Crippen LogP contribution is 2.69. The predicted octanol–water partition coefficient (Wildman–Crippen LogP) is 0.413. The fourth-order valence-electron chi connectivity index (χ4n) is 6.05. The molecule has 1 saturated carbocycles. The average Bonchev–Trinajstić information content (AvgIpc) is 3.04. The highest BCUT2D eigenvalue weighted by atomic mass is 16.5. The number of hydrogen-bond acceptors (Lipinski definition) is 5. The molecule has 0 aromatic carbocycles. The molecule has 3 N–H and O–H groups in total. The Morgan fingerprint density at radius 1 is 1.26 bits per heavy atom. The summed E-state index contributed by atoms with van der Waals surface area (Å²) >= 11 is 0. The summed E-state index contributed by atoms with van der Waals surface area (Å²) in [5.74, 6) is 0.479. The number of carbonyl (C=O) groups is 2. The van der Waals surface area contributed by atoms with E-state index < -0.39 is 11.0 Å². The first-order valence-corrected chi connectivity index (χ1v) is 10.4. The molecule has 4 aliphatic heterocycles. The molecule has 7 heteroatoms. The lowest BCUT2D eigenvalue weighted by Gasteiger charge is -2.50. The molecule has 0 aromatic heterocycles. The van der Waals surface area contributed by atoms with Crippen LogP contribution in [0.2, 0.25) is 0 Å². The molecule has 0 aromatic rings. The Morgan fingerprint density at radius 3 is 2.44 bits per heavy atom. The van der Waals surface area contributed by atoms with Gasteiger partial charge in [-0.3, -0.25) is 9.59 Å². The zero-order chi connectivity index (χ0) is 19.3. The zero-order valence-electron chi connectivity index (χ0n) is 16.6. The summed E-state index contributed by atoms with van der Waals surface area (Å²) in [6, 6.07) is 0. The number of hydrogen-bond donors (Lipinski definition) is 3. The molecule has 1 spiro atoms. The summed E-state index contributed by atoms with van der Waals surface area (Å²) < 4.78 is 6.63. The normalized spacial score (nSPS) is 36.3. The molecule has 5 fully saturated rings. The maximum Gasteiger partial charge on any atom is 0.231 e. The fourth-order valence-corrected chi connectivity index (χ4v) is 6.05. The van der Waals surface area contributed by atoms with E-state index in [4.69, 9.17) is 4.74 Å². The van der Waals surface area contributed by atoms with Crippen LogP contribution in [-0.4, -0.2) is 71.9 Å². The van der Waals surface area contributed by atoms with E-state index in [2.05, 4.69) is 10.6 Å². The monoisotopic (exact) mass is 379 g/mol. The van der Waals surface area contributed by atoms with Gasteiger partial charge in [-0.25, -0.2) is 0 Å². The number of aliphatic hydroxyl groups excluding tert-OH is 1. The number of likely N-dealkylation sites (tertiary alicyclic amines) is 1. The number of ether oxygens (including phenoxy) is 1. The van der Waals surface area contributed by atoms with Crippen molar-refractivity contribution < 1.29 is 19.4 Å². The Morgan fingerprint density at radius 2 is 1.89 bits per heavy atom. The first-order chi connectivity index (χ1) is 12.8. The second-order valence-electron chi connectivity index (χ2n) is 9.24. The van der Waals surface area contributed by atoms with Gasteiger partial charge in [0.05, 0.1) is 22.7 Å². The van der Waals surface area contributed by atoms with E-state index in [-0.39, 0.29) is 23.5 Å². The molecule has 27 heavy (non-hydrogen) atoms. The average molecular weight is 380 g/mol. The lowest BCUT2D eigenvalue weighted by molar-refractivity contribution is -0.154. The first-order valence-electron chi connectivity index (χ1n) is 10.4. The number of piperidine rings is 2. The van der Waals surface area contributed by atoms with Crippen LogP contribution in [0, 0.1) is 11.3 Å². The van der Waals surface area contributed by atoms with Crippen LogP contribution >= 0.6 is 0 Å². The highest BCUT2D eigenvalue weighted by Gasteiger charge is 2.78. The van der Waals surface area contributed by atoms with Gasteiger partial charge in [0.2, 0.25) is 11.8 Å². The Bertz CT molecular complexity index is 600. The minimum absolute atomic E-state index is 0.0525. The van der Waals surface area contributed by atoms with Crippen LogP contribution in [0.5, 0.6) is 0 Å². The van der Waals surface area contributed by atoms with E-state index in [0.29, 0.717) is 12.5 Å². The molecule has 1 atom stereocenters. The number of aliphatic hydroxyl groups is 1. The molecular formula is C20H33N3O4. The number of carbonyl (C=O) groups excluding carboxylic acids is 2. The van der Waals surface area contributed by atoms with Crippen molar-refractivity contribution >= 4 is 11.8 Å². The van der Waals surface area contributed by atoms with Crippen molar-refractivity contribution in [3.63, 3.8) is 0 Å². The van der Waals surface area contributed by atoms with E-state index in [0.717, 1.165) is 64.7 Å². The van der Waals surface area contributed by atoms with Crippen LogP contribution in [0.25, 0.3) is 0 Å². The zero-order valence-corrected chi connectivity index (χ0v) is 16.6. The Hall–Kier alpha value is -1.18. The van der Waals surface area contributed by atoms with E-state index in [9.17, 15) is 14.7 Å². The van der Waals surface area contributed by atoms with Gasteiger partial charge in [-0.1, -0.05) is 0 Å². The number of nitrogens with one attached hydrogen (secondary N) is 2. The van der Waals surface area contributed by atoms with Crippen LogP contribution in [0.3, 0.4) is 0 Å². The molecule has 5 aliphatic rings. The summed E-state index contributed by atoms with van der Waals surface area (Å²) in [6.45, 7) is 7.06. The third-order valence-corrected chi connectivity index (χ3v) is 7.52. The van der Waals surface area contributed by atoms with Gasteiger partial charge >= 0.3 is 0 Å². The second kappa shape index (κ2) is 6.71. The van der Waals surface area contributed by atoms with Crippen molar-refractivity contribution in [1.82, 2.24) is 15.5 Å². The van der Waals surface area contributed by atoms with Crippen molar-refractivity contribution in [2.24, 2.45) is 11.3 Å². The van der Waals surface area contributed by atoms with E-state index in [1.165, 1.54) is 6.92 Å². The molecule has 4 saturated heterocycles. The maximum absolute atomic E-state index is 13.7. The minimum atomic E-state index is -0.439. The Labute approximate surface area is 161 Å². The van der Waals surface area contributed by atoms with Crippen molar-refractivity contribution in [3.05, 3.63) is 0 Å². The summed E-state index contributed by atoms with van der Waals surface area (Å²) in [5.41, 5.74) is -1.21. The van der Waals surface area contributed by atoms with Crippen LogP contribution in [0.15, 0.2) is 0 Å². The van der Waals surface area contributed by atoms with E-state index in [1.807, 2.05) is 11.8 Å². The SMILES string of the molecule is CC(=O)NCC12CC(C(=O)N3CCC([C@@H](C)O)CC3)(C1)C1(CCNCC1)O2. The topological polar surface area (TPSA) is 90.9 Å². The van der Waals surface area contributed by atoms with Gasteiger partial charge in [0.15, 0.2) is 0 Å². The molecule has 152 valence electrons. The van der Waals surface area contributed by atoms with Gasteiger partial charge in [-0.2, -0.15) is 0 Å². The molecule has 1 aliphatic carbocycles. The lowest BCUT2D eigenvalue weighted by atomic mass is 9.53. The van der Waals surface area contributed by atoms with Gasteiger partial charge < -0.3 is 25.4 Å². The maximum atomic E-state index is 13.7. The van der Waals surface area contributed by atoms with Crippen molar-refractivity contribution in [2.45, 2.75) is 69.7 Å². The van der Waals surface area contributed by atoms with Crippen LogP contribution in [-0.2, 0) is 14.3 Å². The molecule has 0 radical (unpaired) electrons. The molecule has 5 rings (SSSR count). The third kappa shape index (κ3) is 2.98. The summed E-state index contributed by atoms with van der Waals surface area (Å²) in [6.07, 6.45) is 4.57. The Balaban J connectivity index is 1.51. The fraction of sp³-hybridized carbons (Fsp3) is 0.900. The van der Waals surface area contributed by atoms with Gasteiger partial charge in [-0.15, -0.1) is 0 Å². The third-order valence-electron chi connectivity index (χ3n) is 7.52. The highest BCUT2D eigenvalue weighted by molar-refractivity contribution is 5.87. The smallest absolute Gasteiger partial charge is 0.231 e. The van der Waals surface area contributed by atoms with Crippen LogP contribution in [0.1, 0.15) is 52.4 Å². The lowest BCUT2D eigenvalue weighted by Crippen LogP contribution is -2.63. The van der Waals surface area contributed by atoms with E-state index >= 15 is 0 Å². The summed E-state index contributed by atoms with van der Waals surface area (Å²) in [5, 5.41) is 16.1. The molecule has 0 unspecified atom stereocenters. The van der Waals surface area contributed by atoms with Crippen molar-refractivity contribution in [2.75, 3.05) is 32.7 Å². The molecular weight excluding hydrogens is 346 g/mol. The summed E-state index contributed by atoms with van der Waals surface area (Å²) in [4.78, 5) is 27.1. The van der Waals surface area contributed by atoms with Crippen molar-refractivity contribution in [1.29, 1.82) is 0 Å². The van der Waals surface area contributed by atoms with Gasteiger partial charge in [-0.05, 0) is 64.5 Å². The second-order valence-corrected chi connectivity index (χ2v) is 9.24. The van der Waals surface area contributed by atoms with Crippen molar-refractivity contribution in [3.8, 4) is 0 Å². The number of nitrogens with zero attached hydrogens (tertiary/aromatic N) is 1. The van der Waals surface area contributed by atoms with Crippen LogP contribution < -0.4 is 10.6 Å². The van der Waals surface area contributed by atoms with Gasteiger partial charge in [0.25, 0.3) is 0 Å². The van der Waals surface area contributed by atoms with Crippen LogP contribution in [0.4, 0.5) is 0 Å². The molecule has 2 bridgehead atoms. The Kier molecular flexibility index (Phi) is 4.76. The van der Waals surface area contributed by atoms with Gasteiger partial charge in [0.1, 0.15) is 0 Å². The molecule has 2 amide bonds. The minimum Gasteiger partial charge on any atom is -0.393 e. The number of rotatable bonds is 4. The molecule has 7 nitrogen and oxygen atoms in total. The molecule has 4 heterocycles. The van der Waals surface area contributed by atoms with E-state index in [1.54, 1.807) is 0 Å². The number of amides is 2. The predicted molar refractivity (Wildman–Crippen MR) is 100.0 cm³/mol. The standard InChI is InChI=1S/C20H33N3O4/c1-14(24)16-3-9-23(10-4-16)17(26)19-11-18(12-19,13-22-15(2)25)27-20(19)5-7-21-8-6-20/h14,16,21,24H,3-13H2,1-2H3,(H,22,25)/t14-,18?,19?/m1/s1. The quantitative estimate of drug-likeness (QED) is 0.658. The largest absolute Gasteiger partial charge is 0.393 e.